The van der Waals surface area contributed by atoms with Gasteiger partial charge < -0.3 is 4.74 Å². The molecule has 5 nitrogen and oxygen atoms in total. The van der Waals surface area contributed by atoms with Gasteiger partial charge in [-0.05, 0) is 18.2 Å². The minimum atomic E-state index is -3.82. The molecule has 1 rings (SSSR count). The van der Waals surface area contributed by atoms with Crippen LogP contribution in [0.15, 0.2) is 27.6 Å². The molecular formula is C9H9BrClNO4S. The first-order valence-electron chi connectivity index (χ1n) is 4.38. The quantitative estimate of drug-likeness (QED) is 0.843. The van der Waals surface area contributed by atoms with E-state index >= 15 is 0 Å². The van der Waals surface area contributed by atoms with Crippen LogP contribution < -0.4 is 4.72 Å². The molecule has 0 amide bonds. The second kappa shape index (κ2) is 5.81. The van der Waals surface area contributed by atoms with E-state index in [0.29, 0.717) is 4.47 Å². The van der Waals surface area contributed by atoms with E-state index in [0.717, 1.165) is 0 Å². The van der Waals surface area contributed by atoms with Crippen LogP contribution in [0.4, 0.5) is 0 Å². The Labute approximate surface area is 112 Å². The van der Waals surface area contributed by atoms with Gasteiger partial charge in [-0.1, -0.05) is 27.5 Å². The molecule has 0 saturated carbocycles. The van der Waals surface area contributed by atoms with Crippen molar-refractivity contribution in [2.45, 2.75) is 4.90 Å². The van der Waals surface area contributed by atoms with Crippen LogP contribution in [0.2, 0.25) is 5.02 Å². The molecule has 1 aromatic carbocycles. The highest BCUT2D eigenvalue weighted by atomic mass is 79.9. The molecule has 0 atom stereocenters. The molecule has 0 fully saturated rings. The van der Waals surface area contributed by atoms with Crippen molar-refractivity contribution in [3.05, 3.63) is 27.7 Å². The number of carbonyl (C=O) groups excluding carboxylic acids is 1. The van der Waals surface area contributed by atoms with E-state index in [1.807, 2.05) is 0 Å². The molecular weight excluding hydrogens is 334 g/mol. The summed E-state index contributed by atoms with van der Waals surface area (Å²) in [5.41, 5.74) is 0. The summed E-state index contributed by atoms with van der Waals surface area (Å²) in [4.78, 5) is 10.7. The molecule has 8 heteroatoms. The summed E-state index contributed by atoms with van der Waals surface area (Å²) in [6.45, 7) is -0.439. The maximum atomic E-state index is 11.8. The van der Waals surface area contributed by atoms with Crippen LogP contribution in [0, 0.1) is 0 Å². The van der Waals surface area contributed by atoms with Crippen LogP contribution in [0.1, 0.15) is 0 Å². The predicted molar refractivity (Wildman–Crippen MR) is 66.4 cm³/mol. The lowest BCUT2D eigenvalue weighted by molar-refractivity contribution is -0.139. The summed E-state index contributed by atoms with van der Waals surface area (Å²) < 4.78 is 30.6. The van der Waals surface area contributed by atoms with Crippen molar-refractivity contribution in [2.24, 2.45) is 0 Å². The smallest absolute Gasteiger partial charge is 0.320 e. The highest BCUT2D eigenvalue weighted by Gasteiger charge is 2.18. The van der Waals surface area contributed by atoms with E-state index in [1.54, 1.807) is 6.07 Å². The lowest BCUT2D eigenvalue weighted by Gasteiger charge is -2.07. The number of sulfonamides is 1. The Morgan fingerprint density at radius 1 is 1.53 bits per heavy atom. The maximum absolute atomic E-state index is 11.8. The zero-order valence-electron chi connectivity index (χ0n) is 8.74. The van der Waals surface area contributed by atoms with E-state index < -0.39 is 22.5 Å². The average molecular weight is 343 g/mol. The fraction of sp³-hybridized carbons (Fsp3) is 0.222. The molecule has 0 bridgehead atoms. The Hall–Kier alpha value is -0.630. The molecule has 0 radical (unpaired) electrons. The number of benzene rings is 1. The summed E-state index contributed by atoms with van der Waals surface area (Å²) in [5, 5.41) is 0.0664. The van der Waals surface area contributed by atoms with Crippen LogP contribution in [-0.2, 0) is 19.6 Å². The molecule has 0 unspecified atom stereocenters. The maximum Gasteiger partial charge on any atom is 0.320 e. The Morgan fingerprint density at radius 3 is 2.71 bits per heavy atom. The summed E-state index contributed by atoms with van der Waals surface area (Å²) in [7, 11) is -2.65. The van der Waals surface area contributed by atoms with E-state index in [9.17, 15) is 13.2 Å². The van der Waals surface area contributed by atoms with E-state index in [2.05, 4.69) is 25.4 Å². The van der Waals surface area contributed by atoms with Gasteiger partial charge in [0.15, 0.2) is 0 Å². The predicted octanol–water partition coefficient (Wildman–Crippen LogP) is 1.55. The number of hydrogen-bond donors (Lipinski definition) is 1. The summed E-state index contributed by atoms with van der Waals surface area (Å²) in [6.07, 6.45) is 0. The zero-order valence-corrected chi connectivity index (χ0v) is 11.9. The minimum absolute atomic E-state index is 0.0664. The third-order valence-corrected chi connectivity index (χ3v) is 4.20. The van der Waals surface area contributed by atoms with Crippen LogP contribution in [0.5, 0.6) is 0 Å². The number of esters is 1. The molecule has 17 heavy (non-hydrogen) atoms. The van der Waals surface area contributed by atoms with Gasteiger partial charge in [-0.25, -0.2) is 8.42 Å². The van der Waals surface area contributed by atoms with Gasteiger partial charge in [0.25, 0.3) is 0 Å². The number of ether oxygens (including phenoxy) is 1. The number of methoxy groups -OCH3 is 1. The van der Waals surface area contributed by atoms with Gasteiger partial charge in [-0.15, -0.1) is 0 Å². The van der Waals surface area contributed by atoms with Crippen LogP contribution >= 0.6 is 27.5 Å². The number of halogens is 2. The standard InChI is InChI=1S/C9H9BrClNO4S/c1-16-9(13)5-12-17(14,15)8-3-2-6(10)4-7(8)11/h2-4,12H,5H2,1H3. The number of carbonyl (C=O) groups is 1. The van der Waals surface area contributed by atoms with Crippen LogP contribution in [-0.4, -0.2) is 28.0 Å². The Kier molecular flexibility index (Phi) is 4.93. The topological polar surface area (TPSA) is 72.5 Å². The summed E-state index contributed by atoms with van der Waals surface area (Å²) in [5.74, 6) is -0.679. The fourth-order valence-corrected chi connectivity index (χ4v) is 3.00. The second-order valence-electron chi connectivity index (χ2n) is 2.98. The van der Waals surface area contributed by atoms with Gasteiger partial charge in [0.2, 0.25) is 10.0 Å². The molecule has 0 aliphatic carbocycles. The van der Waals surface area contributed by atoms with Gasteiger partial charge in [0.1, 0.15) is 11.4 Å². The molecule has 0 aliphatic heterocycles. The molecule has 0 heterocycles. The largest absolute Gasteiger partial charge is 0.468 e. The third kappa shape index (κ3) is 3.95. The Morgan fingerprint density at radius 2 is 2.18 bits per heavy atom. The lowest BCUT2D eigenvalue weighted by Crippen LogP contribution is -2.30. The van der Waals surface area contributed by atoms with Gasteiger partial charge >= 0.3 is 5.97 Å². The summed E-state index contributed by atoms with van der Waals surface area (Å²) in [6, 6.07) is 4.33. The lowest BCUT2D eigenvalue weighted by atomic mass is 10.4. The van der Waals surface area contributed by atoms with Crippen LogP contribution in [0.3, 0.4) is 0 Å². The SMILES string of the molecule is COC(=O)CNS(=O)(=O)c1ccc(Br)cc1Cl. The highest BCUT2D eigenvalue weighted by Crippen LogP contribution is 2.24. The van der Waals surface area contributed by atoms with Crippen molar-refractivity contribution < 1.29 is 17.9 Å². The van der Waals surface area contributed by atoms with Gasteiger partial charge in [-0.2, -0.15) is 4.72 Å². The van der Waals surface area contributed by atoms with Crippen molar-refractivity contribution in [3.8, 4) is 0 Å². The van der Waals surface area contributed by atoms with Crippen molar-refractivity contribution in [3.63, 3.8) is 0 Å². The number of rotatable bonds is 4. The molecule has 1 aromatic rings. The number of hydrogen-bond acceptors (Lipinski definition) is 4. The van der Waals surface area contributed by atoms with Crippen LogP contribution in [0.25, 0.3) is 0 Å². The summed E-state index contributed by atoms with van der Waals surface area (Å²) >= 11 is 8.96. The van der Waals surface area contributed by atoms with Crippen molar-refractivity contribution in [2.75, 3.05) is 13.7 Å². The average Bonchev–Trinajstić information content (AvgIpc) is 2.25. The van der Waals surface area contributed by atoms with Crippen molar-refractivity contribution >= 4 is 43.5 Å². The first-order valence-corrected chi connectivity index (χ1v) is 7.04. The van der Waals surface area contributed by atoms with Gasteiger partial charge in [0.05, 0.1) is 12.1 Å². The fourth-order valence-electron chi connectivity index (χ4n) is 0.997. The van der Waals surface area contributed by atoms with Crippen molar-refractivity contribution in [1.82, 2.24) is 4.72 Å². The van der Waals surface area contributed by atoms with E-state index in [4.69, 9.17) is 11.6 Å². The second-order valence-corrected chi connectivity index (χ2v) is 6.03. The van der Waals surface area contributed by atoms with Gasteiger partial charge in [-0.3, -0.25) is 4.79 Å². The number of nitrogens with one attached hydrogen (secondary N) is 1. The third-order valence-electron chi connectivity index (χ3n) is 1.82. The first kappa shape index (κ1) is 14.4. The van der Waals surface area contributed by atoms with Crippen molar-refractivity contribution in [1.29, 1.82) is 0 Å². The Bertz CT molecular complexity index is 532. The molecule has 94 valence electrons. The van der Waals surface area contributed by atoms with E-state index in [-0.39, 0.29) is 9.92 Å². The van der Waals surface area contributed by atoms with E-state index in [1.165, 1.54) is 19.2 Å². The zero-order chi connectivity index (χ0) is 13.1. The van der Waals surface area contributed by atoms with Gasteiger partial charge in [0, 0.05) is 4.47 Å². The Balaban J connectivity index is 2.94. The monoisotopic (exact) mass is 341 g/mol. The first-order chi connectivity index (χ1) is 7.86. The molecule has 1 N–H and O–H groups in total. The molecule has 0 saturated heterocycles. The normalized spacial score (nSPS) is 11.2. The highest BCUT2D eigenvalue weighted by molar-refractivity contribution is 9.10. The molecule has 0 aliphatic rings. The molecule has 0 aromatic heterocycles. The minimum Gasteiger partial charge on any atom is -0.468 e. The molecule has 0 spiro atoms.